The van der Waals surface area contributed by atoms with Gasteiger partial charge in [-0.15, -0.1) is 0 Å². The van der Waals surface area contributed by atoms with E-state index in [1.165, 1.54) is 0 Å². The minimum atomic E-state index is -0.858. The van der Waals surface area contributed by atoms with E-state index in [9.17, 15) is 14.7 Å². The summed E-state index contributed by atoms with van der Waals surface area (Å²) in [6.07, 6.45) is 2.17. The molecule has 0 radical (unpaired) electrons. The Bertz CT molecular complexity index is 453. The normalized spacial score (nSPS) is 10.3. The second kappa shape index (κ2) is 7.41. The van der Waals surface area contributed by atoms with Crippen LogP contribution in [0, 0.1) is 0 Å². The molecule has 5 nitrogen and oxygen atoms in total. The van der Waals surface area contributed by atoms with Crippen LogP contribution < -0.4 is 0 Å². The zero-order valence-corrected chi connectivity index (χ0v) is 10.6. The van der Waals surface area contributed by atoms with Crippen molar-refractivity contribution in [2.45, 2.75) is 38.5 Å². The van der Waals surface area contributed by atoms with Gasteiger partial charge in [-0.3, -0.25) is 9.59 Å². The molecule has 0 aromatic heterocycles. The number of phenols is 1. The lowest BCUT2D eigenvalue weighted by Gasteiger charge is -2.10. The molecule has 19 heavy (non-hydrogen) atoms. The van der Waals surface area contributed by atoms with Gasteiger partial charge in [0.2, 0.25) is 0 Å². The highest BCUT2D eigenvalue weighted by molar-refractivity contribution is 5.67. The van der Waals surface area contributed by atoms with Gasteiger partial charge in [-0.1, -0.05) is 12.1 Å². The lowest BCUT2D eigenvalue weighted by Crippen LogP contribution is -2.01. The summed E-state index contributed by atoms with van der Waals surface area (Å²) in [6.45, 7) is 0. The fourth-order valence-electron chi connectivity index (χ4n) is 1.99. The first-order valence-corrected chi connectivity index (χ1v) is 6.24. The van der Waals surface area contributed by atoms with Crippen molar-refractivity contribution in [3.05, 3.63) is 29.3 Å². The largest absolute Gasteiger partial charge is 0.508 e. The van der Waals surface area contributed by atoms with Gasteiger partial charge in [0.05, 0.1) is 0 Å². The Morgan fingerprint density at radius 3 is 2.11 bits per heavy atom. The number of aliphatic carboxylic acids is 2. The standard InChI is InChI=1S/C14H18O5/c15-12-7-1-4-10(5-2-8-13(16)17)11(12)6-3-9-14(18)19/h1,4,7,15H,2-3,5-6,8-9H2,(H,16,17)(H,18,19). The van der Waals surface area contributed by atoms with Crippen molar-refractivity contribution >= 4 is 11.9 Å². The van der Waals surface area contributed by atoms with Crippen LogP contribution in [0.25, 0.3) is 0 Å². The summed E-state index contributed by atoms with van der Waals surface area (Å²) < 4.78 is 0. The Hall–Kier alpha value is -2.04. The van der Waals surface area contributed by atoms with Crippen LogP contribution in [0.5, 0.6) is 5.75 Å². The molecule has 0 bridgehead atoms. The topological polar surface area (TPSA) is 94.8 Å². The molecule has 0 aliphatic heterocycles. The maximum absolute atomic E-state index is 10.5. The molecule has 0 spiro atoms. The third kappa shape index (κ3) is 5.42. The predicted octanol–water partition coefficient (Wildman–Crippen LogP) is 2.21. The van der Waals surface area contributed by atoms with Crippen LogP contribution in [-0.2, 0) is 22.4 Å². The second-order valence-corrected chi connectivity index (χ2v) is 4.41. The maximum atomic E-state index is 10.5. The molecule has 0 aliphatic carbocycles. The first kappa shape index (κ1) is 15.0. The summed E-state index contributed by atoms with van der Waals surface area (Å²) in [5, 5.41) is 27.0. The van der Waals surface area contributed by atoms with Crippen molar-refractivity contribution in [3.63, 3.8) is 0 Å². The van der Waals surface area contributed by atoms with Gasteiger partial charge in [0, 0.05) is 12.8 Å². The highest BCUT2D eigenvalue weighted by Gasteiger charge is 2.09. The number of carbonyl (C=O) groups is 2. The number of hydrogen-bond acceptors (Lipinski definition) is 3. The molecule has 0 fully saturated rings. The van der Waals surface area contributed by atoms with Crippen molar-refractivity contribution in [1.82, 2.24) is 0 Å². The molecule has 1 aromatic rings. The fourth-order valence-corrected chi connectivity index (χ4v) is 1.99. The minimum Gasteiger partial charge on any atom is -0.508 e. The van der Waals surface area contributed by atoms with Gasteiger partial charge < -0.3 is 15.3 Å². The number of hydrogen-bond donors (Lipinski definition) is 3. The van der Waals surface area contributed by atoms with E-state index in [2.05, 4.69) is 0 Å². The van der Waals surface area contributed by atoms with E-state index >= 15 is 0 Å². The Morgan fingerprint density at radius 2 is 1.53 bits per heavy atom. The molecule has 0 amide bonds. The quantitative estimate of drug-likeness (QED) is 0.670. The molecule has 0 saturated heterocycles. The highest BCUT2D eigenvalue weighted by atomic mass is 16.4. The molecule has 0 aliphatic rings. The maximum Gasteiger partial charge on any atom is 0.303 e. The lowest BCUT2D eigenvalue weighted by molar-refractivity contribution is -0.138. The van der Waals surface area contributed by atoms with E-state index in [1.807, 2.05) is 6.07 Å². The SMILES string of the molecule is O=C(O)CCCc1cccc(O)c1CCCC(=O)O. The van der Waals surface area contributed by atoms with Crippen LogP contribution in [-0.4, -0.2) is 27.3 Å². The monoisotopic (exact) mass is 266 g/mol. The van der Waals surface area contributed by atoms with Crippen LogP contribution in [0.3, 0.4) is 0 Å². The fraction of sp³-hybridized carbons (Fsp3) is 0.429. The number of carboxylic acids is 2. The number of aromatic hydroxyl groups is 1. The summed E-state index contributed by atoms with van der Waals surface area (Å²) in [4.78, 5) is 21.0. The molecule has 3 N–H and O–H groups in total. The van der Waals surface area contributed by atoms with Crippen LogP contribution in [0.2, 0.25) is 0 Å². The van der Waals surface area contributed by atoms with E-state index < -0.39 is 11.9 Å². The smallest absolute Gasteiger partial charge is 0.303 e. The van der Waals surface area contributed by atoms with E-state index in [4.69, 9.17) is 10.2 Å². The van der Waals surface area contributed by atoms with E-state index in [0.717, 1.165) is 11.1 Å². The Labute approximate surface area is 111 Å². The predicted molar refractivity (Wildman–Crippen MR) is 69.3 cm³/mol. The molecule has 1 rings (SSSR count). The zero-order valence-electron chi connectivity index (χ0n) is 10.6. The summed E-state index contributed by atoms with van der Waals surface area (Å²) in [7, 11) is 0. The van der Waals surface area contributed by atoms with Crippen molar-refractivity contribution < 1.29 is 24.9 Å². The van der Waals surface area contributed by atoms with Gasteiger partial charge in [0.15, 0.2) is 0 Å². The van der Waals surface area contributed by atoms with Crippen LogP contribution >= 0.6 is 0 Å². The summed E-state index contributed by atoms with van der Waals surface area (Å²) in [5.74, 6) is -1.55. The van der Waals surface area contributed by atoms with Gasteiger partial charge >= 0.3 is 11.9 Å². The minimum absolute atomic E-state index is 0.0584. The summed E-state index contributed by atoms with van der Waals surface area (Å²) >= 11 is 0. The summed E-state index contributed by atoms with van der Waals surface area (Å²) in [5.41, 5.74) is 1.63. The molecular formula is C14H18O5. The van der Waals surface area contributed by atoms with Crippen molar-refractivity contribution in [3.8, 4) is 5.75 Å². The third-order valence-electron chi connectivity index (χ3n) is 2.90. The lowest BCUT2D eigenvalue weighted by atomic mass is 9.97. The van der Waals surface area contributed by atoms with Crippen molar-refractivity contribution in [1.29, 1.82) is 0 Å². The zero-order chi connectivity index (χ0) is 14.3. The molecule has 0 atom stereocenters. The van der Waals surface area contributed by atoms with Gasteiger partial charge in [-0.2, -0.15) is 0 Å². The van der Waals surface area contributed by atoms with Gasteiger partial charge in [0.1, 0.15) is 5.75 Å². The van der Waals surface area contributed by atoms with E-state index in [1.54, 1.807) is 12.1 Å². The molecule has 0 heterocycles. The average Bonchev–Trinajstić information content (AvgIpc) is 2.31. The molecule has 0 unspecified atom stereocenters. The number of phenolic OH excluding ortho intramolecular Hbond substituents is 1. The first-order valence-electron chi connectivity index (χ1n) is 6.24. The second-order valence-electron chi connectivity index (χ2n) is 4.41. The average molecular weight is 266 g/mol. The number of carboxylic acid groups (broad SMARTS) is 2. The Kier molecular flexibility index (Phi) is 5.85. The van der Waals surface area contributed by atoms with Crippen molar-refractivity contribution in [2.75, 3.05) is 0 Å². The molecule has 5 heteroatoms. The molecule has 1 aromatic carbocycles. The Balaban J connectivity index is 2.65. The molecule has 104 valence electrons. The number of benzene rings is 1. The summed E-state index contributed by atoms with van der Waals surface area (Å²) in [6, 6.07) is 5.13. The van der Waals surface area contributed by atoms with E-state index in [0.29, 0.717) is 25.7 Å². The highest BCUT2D eigenvalue weighted by Crippen LogP contribution is 2.24. The number of aryl methyl sites for hydroxylation is 1. The van der Waals surface area contributed by atoms with Gasteiger partial charge in [0.25, 0.3) is 0 Å². The van der Waals surface area contributed by atoms with Crippen LogP contribution in [0.15, 0.2) is 18.2 Å². The van der Waals surface area contributed by atoms with Crippen LogP contribution in [0.4, 0.5) is 0 Å². The van der Waals surface area contributed by atoms with Crippen molar-refractivity contribution in [2.24, 2.45) is 0 Å². The van der Waals surface area contributed by atoms with Gasteiger partial charge in [-0.25, -0.2) is 0 Å². The first-order chi connectivity index (χ1) is 9.00. The third-order valence-corrected chi connectivity index (χ3v) is 2.90. The number of rotatable bonds is 8. The molecule has 0 saturated carbocycles. The van der Waals surface area contributed by atoms with Crippen LogP contribution in [0.1, 0.15) is 36.8 Å². The van der Waals surface area contributed by atoms with E-state index in [-0.39, 0.29) is 18.6 Å². The molecular weight excluding hydrogens is 248 g/mol. The Morgan fingerprint density at radius 1 is 0.947 bits per heavy atom. The van der Waals surface area contributed by atoms with Gasteiger partial charge in [-0.05, 0) is 42.9 Å².